The third-order valence-electron chi connectivity index (χ3n) is 3.85. The van der Waals surface area contributed by atoms with E-state index >= 15 is 0 Å². The maximum absolute atomic E-state index is 12.3. The molecule has 4 heteroatoms. The molecule has 0 bridgehead atoms. The molecule has 1 heterocycles. The van der Waals surface area contributed by atoms with Gasteiger partial charge in [0.1, 0.15) is 6.61 Å². The van der Waals surface area contributed by atoms with Gasteiger partial charge >= 0.3 is 0 Å². The third kappa shape index (κ3) is 4.57. The van der Waals surface area contributed by atoms with Crippen LogP contribution in [0, 0.1) is 17.3 Å². The third-order valence-corrected chi connectivity index (χ3v) is 3.85. The summed E-state index contributed by atoms with van der Waals surface area (Å²) in [6, 6.07) is 1.94. The number of nitrogens with one attached hydrogen (secondary N) is 1. The molecule has 1 aromatic heterocycles. The van der Waals surface area contributed by atoms with E-state index in [2.05, 4.69) is 36.0 Å². The summed E-state index contributed by atoms with van der Waals surface area (Å²) in [6.07, 6.45) is 7.55. The summed E-state index contributed by atoms with van der Waals surface area (Å²) in [5, 5.41) is 11.8. The summed E-state index contributed by atoms with van der Waals surface area (Å²) < 4.78 is 0. The lowest BCUT2D eigenvalue weighted by Gasteiger charge is -2.35. The van der Waals surface area contributed by atoms with Gasteiger partial charge in [-0.15, -0.1) is 0 Å². The molecule has 2 rings (SSSR count). The van der Waals surface area contributed by atoms with Gasteiger partial charge in [-0.25, -0.2) is 0 Å². The van der Waals surface area contributed by atoms with Crippen molar-refractivity contribution in [3.8, 4) is 11.8 Å². The van der Waals surface area contributed by atoms with Gasteiger partial charge < -0.3 is 10.4 Å². The SMILES string of the molecule is CC1(C)CCCC(NC(=O)c2cncc(C#CCO)c2)C1. The van der Waals surface area contributed by atoms with Crippen molar-refractivity contribution < 1.29 is 9.90 Å². The number of aliphatic hydroxyl groups is 1. The predicted molar refractivity (Wildman–Crippen MR) is 81.7 cm³/mol. The van der Waals surface area contributed by atoms with E-state index in [1.807, 2.05) is 0 Å². The Labute approximate surface area is 126 Å². The number of aromatic nitrogens is 1. The molecular weight excluding hydrogens is 264 g/mol. The highest BCUT2D eigenvalue weighted by Gasteiger charge is 2.28. The smallest absolute Gasteiger partial charge is 0.253 e. The number of carbonyl (C=O) groups excluding carboxylic acids is 1. The Kier molecular flexibility index (Phi) is 4.98. The van der Waals surface area contributed by atoms with Crippen molar-refractivity contribution >= 4 is 5.91 Å². The van der Waals surface area contributed by atoms with Gasteiger partial charge in [-0.1, -0.05) is 32.1 Å². The zero-order valence-electron chi connectivity index (χ0n) is 12.6. The van der Waals surface area contributed by atoms with E-state index in [1.165, 1.54) is 6.42 Å². The standard InChI is InChI=1S/C17H22N2O2/c1-17(2)7-3-6-15(10-17)19-16(21)14-9-13(5-4-8-20)11-18-12-14/h9,11-12,15,20H,3,6-8,10H2,1-2H3,(H,19,21). The zero-order chi connectivity index (χ0) is 15.3. The van der Waals surface area contributed by atoms with Crippen molar-refractivity contribution in [2.24, 2.45) is 5.41 Å². The van der Waals surface area contributed by atoms with Crippen molar-refractivity contribution in [2.75, 3.05) is 6.61 Å². The molecule has 21 heavy (non-hydrogen) atoms. The van der Waals surface area contributed by atoms with Crippen LogP contribution in [0.3, 0.4) is 0 Å². The molecule has 1 saturated carbocycles. The van der Waals surface area contributed by atoms with E-state index in [-0.39, 0.29) is 18.6 Å². The molecule has 0 radical (unpaired) electrons. The summed E-state index contributed by atoms with van der Waals surface area (Å²) in [7, 11) is 0. The van der Waals surface area contributed by atoms with Crippen LogP contribution in [0.5, 0.6) is 0 Å². The first-order valence-electron chi connectivity index (χ1n) is 7.36. The normalized spacial score (nSPS) is 20.2. The van der Waals surface area contributed by atoms with Crippen LogP contribution in [0.15, 0.2) is 18.5 Å². The van der Waals surface area contributed by atoms with Crippen LogP contribution in [0.2, 0.25) is 0 Å². The Bertz CT molecular complexity index is 570. The van der Waals surface area contributed by atoms with Crippen LogP contribution < -0.4 is 5.32 Å². The number of nitrogens with zero attached hydrogens (tertiary/aromatic N) is 1. The average molecular weight is 286 g/mol. The number of aliphatic hydroxyl groups excluding tert-OH is 1. The van der Waals surface area contributed by atoms with E-state index in [1.54, 1.807) is 18.5 Å². The largest absolute Gasteiger partial charge is 0.384 e. The number of amides is 1. The quantitative estimate of drug-likeness (QED) is 0.819. The second kappa shape index (κ2) is 6.73. The van der Waals surface area contributed by atoms with Gasteiger partial charge in [0, 0.05) is 24.0 Å². The van der Waals surface area contributed by atoms with Crippen LogP contribution in [0.1, 0.15) is 55.5 Å². The molecule has 1 aliphatic carbocycles. The monoisotopic (exact) mass is 286 g/mol. The van der Waals surface area contributed by atoms with E-state index in [0.717, 1.165) is 19.3 Å². The fourth-order valence-corrected chi connectivity index (χ4v) is 2.86. The van der Waals surface area contributed by atoms with Gasteiger partial charge in [0.25, 0.3) is 5.91 Å². The van der Waals surface area contributed by atoms with Gasteiger partial charge in [0.2, 0.25) is 0 Å². The Morgan fingerprint density at radius 3 is 3.05 bits per heavy atom. The molecule has 1 fully saturated rings. The van der Waals surface area contributed by atoms with Crippen LogP contribution in [0.25, 0.3) is 0 Å². The minimum atomic E-state index is -0.201. The lowest BCUT2D eigenvalue weighted by molar-refractivity contribution is 0.0902. The molecule has 112 valence electrons. The molecule has 1 aromatic rings. The number of rotatable bonds is 2. The molecule has 0 saturated heterocycles. The molecule has 1 atom stereocenters. The highest BCUT2D eigenvalue weighted by Crippen LogP contribution is 2.35. The molecular formula is C17H22N2O2. The van der Waals surface area contributed by atoms with Crippen molar-refractivity contribution in [1.82, 2.24) is 10.3 Å². The predicted octanol–water partition coefficient (Wildman–Crippen LogP) is 2.12. The Hall–Kier alpha value is -1.86. The highest BCUT2D eigenvalue weighted by atomic mass is 16.2. The summed E-state index contributed by atoms with van der Waals surface area (Å²) in [5.41, 5.74) is 1.45. The Balaban J connectivity index is 2.03. The Morgan fingerprint density at radius 1 is 1.52 bits per heavy atom. The highest BCUT2D eigenvalue weighted by molar-refractivity contribution is 5.94. The summed E-state index contributed by atoms with van der Waals surface area (Å²) in [4.78, 5) is 16.3. The van der Waals surface area contributed by atoms with Crippen LogP contribution >= 0.6 is 0 Å². The average Bonchev–Trinajstić information content (AvgIpc) is 2.44. The first-order chi connectivity index (χ1) is 10.00. The molecule has 1 amide bonds. The molecule has 1 aliphatic rings. The molecule has 1 unspecified atom stereocenters. The summed E-state index contributed by atoms with van der Waals surface area (Å²) in [6.45, 7) is 4.30. The lowest BCUT2D eigenvalue weighted by atomic mass is 9.75. The maximum Gasteiger partial charge on any atom is 0.253 e. The van der Waals surface area contributed by atoms with E-state index < -0.39 is 0 Å². The van der Waals surface area contributed by atoms with Gasteiger partial charge in [-0.3, -0.25) is 9.78 Å². The second-order valence-corrected chi connectivity index (χ2v) is 6.35. The van der Waals surface area contributed by atoms with Gasteiger partial charge in [0.05, 0.1) is 5.56 Å². The van der Waals surface area contributed by atoms with E-state index in [0.29, 0.717) is 16.5 Å². The summed E-state index contributed by atoms with van der Waals surface area (Å²) >= 11 is 0. The minimum absolute atomic E-state index is 0.0992. The van der Waals surface area contributed by atoms with Crippen molar-refractivity contribution in [2.45, 2.75) is 45.6 Å². The number of hydrogen-bond acceptors (Lipinski definition) is 3. The van der Waals surface area contributed by atoms with Crippen molar-refractivity contribution in [1.29, 1.82) is 0 Å². The summed E-state index contributed by atoms with van der Waals surface area (Å²) in [5.74, 6) is 5.22. The van der Waals surface area contributed by atoms with Crippen LogP contribution in [0.4, 0.5) is 0 Å². The van der Waals surface area contributed by atoms with Crippen molar-refractivity contribution in [3.63, 3.8) is 0 Å². The second-order valence-electron chi connectivity index (χ2n) is 6.35. The zero-order valence-corrected chi connectivity index (χ0v) is 12.6. The maximum atomic E-state index is 12.3. The fourth-order valence-electron chi connectivity index (χ4n) is 2.86. The molecule has 0 aliphatic heterocycles. The van der Waals surface area contributed by atoms with Gasteiger partial charge in [-0.05, 0) is 30.7 Å². The van der Waals surface area contributed by atoms with E-state index in [9.17, 15) is 4.79 Å². The first kappa shape index (κ1) is 15.5. The fraction of sp³-hybridized carbons (Fsp3) is 0.529. The number of hydrogen-bond donors (Lipinski definition) is 2. The topological polar surface area (TPSA) is 62.2 Å². The first-order valence-corrected chi connectivity index (χ1v) is 7.36. The number of carbonyl (C=O) groups is 1. The lowest BCUT2D eigenvalue weighted by Crippen LogP contribution is -2.40. The minimum Gasteiger partial charge on any atom is -0.384 e. The van der Waals surface area contributed by atoms with E-state index in [4.69, 9.17) is 5.11 Å². The molecule has 0 spiro atoms. The van der Waals surface area contributed by atoms with Crippen LogP contribution in [-0.4, -0.2) is 28.6 Å². The molecule has 4 nitrogen and oxygen atoms in total. The van der Waals surface area contributed by atoms with Crippen molar-refractivity contribution in [3.05, 3.63) is 29.6 Å². The molecule has 0 aromatic carbocycles. The van der Waals surface area contributed by atoms with Crippen LogP contribution in [-0.2, 0) is 0 Å². The Morgan fingerprint density at radius 2 is 2.33 bits per heavy atom. The molecule has 2 N–H and O–H groups in total. The van der Waals surface area contributed by atoms with Gasteiger partial charge in [0.15, 0.2) is 0 Å². The number of pyridine rings is 1. The van der Waals surface area contributed by atoms with Gasteiger partial charge in [-0.2, -0.15) is 0 Å².